The Hall–Kier alpha value is -2.82. The van der Waals surface area contributed by atoms with Crippen LogP contribution in [-0.2, 0) is 15.1 Å². The van der Waals surface area contributed by atoms with Crippen molar-refractivity contribution in [2.24, 2.45) is 0 Å². The molecule has 2 rings (SSSR count). The monoisotopic (exact) mass is 327 g/mol. The molecule has 5 heteroatoms. The number of amides is 1. The highest BCUT2D eigenvalue weighted by molar-refractivity contribution is 5.88. The van der Waals surface area contributed by atoms with Gasteiger partial charge < -0.3 is 15.2 Å². The summed E-state index contributed by atoms with van der Waals surface area (Å²) in [6, 6.07) is 16.0. The quantitative estimate of drug-likeness (QED) is 0.820. The van der Waals surface area contributed by atoms with Gasteiger partial charge in [0.15, 0.2) is 12.1 Å². The molecule has 1 amide bonds. The first-order valence-corrected chi connectivity index (χ1v) is 7.77. The number of hydrogen-bond acceptors (Lipinski definition) is 3. The van der Waals surface area contributed by atoms with Gasteiger partial charge in [0.1, 0.15) is 5.75 Å². The molecule has 126 valence electrons. The number of hydrogen-bond donors (Lipinski definition) is 2. The number of carbonyl (C=O) groups is 2. The molecule has 0 fully saturated rings. The summed E-state index contributed by atoms with van der Waals surface area (Å²) < 4.78 is 5.45. The zero-order chi connectivity index (χ0) is 17.6. The van der Waals surface area contributed by atoms with E-state index in [2.05, 4.69) is 5.32 Å². The Morgan fingerprint density at radius 1 is 1.12 bits per heavy atom. The third-order valence-electron chi connectivity index (χ3n) is 3.87. The van der Waals surface area contributed by atoms with Crippen molar-refractivity contribution < 1.29 is 19.4 Å². The Morgan fingerprint density at radius 2 is 1.83 bits per heavy atom. The number of aryl methyl sites for hydroxylation is 1. The average Bonchev–Trinajstić information content (AvgIpc) is 2.58. The first-order valence-electron chi connectivity index (χ1n) is 7.77. The van der Waals surface area contributed by atoms with Crippen LogP contribution >= 0.6 is 0 Å². The summed E-state index contributed by atoms with van der Waals surface area (Å²) in [6.07, 6.45) is 0.225. The fraction of sp³-hybridized carbons (Fsp3) is 0.263. The van der Waals surface area contributed by atoms with E-state index in [0.717, 1.165) is 5.56 Å². The van der Waals surface area contributed by atoms with E-state index >= 15 is 0 Å². The molecule has 0 aromatic heterocycles. The second kappa shape index (κ2) is 7.64. The topological polar surface area (TPSA) is 75.6 Å². The van der Waals surface area contributed by atoms with Crippen LogP contribution in [0.4, 0.5) is 0 Å². The zero-order valence-electron chi connectivity index (χ0n) is 13.8. The Labute approximate surface area is 141 Å². The van der Waals surface area contributed by atoms with Gasteiger partial charge in [-0.3, -0.25) is 4.79 Å². The predicted molar refractivity (Wildman–Crippen MR) is 90.9 cm³/mol. The number of carboxylic acids is 1. The molecule has 2 aromatic carbocycles. The Balaban J connectivity index is 2.12. The number of rotatable bonds is 7. The van der Waals surface area contributed by atoms with Crippen molar-refractivity contribution in [2.75, 3.05) is 6.61 Å². The van der Waals surface area contributed by atoms with E-state index in [4.69, 9.17) is 4.74 Å². The maximum Gasteiger partial charge on any atom is 0.334 e. The van der Waals surface area contributed by atoms with E-state index in [1.165, 1.54) is 0 Å². The summed E-state index contributed by atoms with van der Waals surface area (Å²) >= 11 is 0. The van der Waals surface area contributed by atoms with Gasteiger partial charge in [-0.2, -0.15) is 0 Å². The van der Waals surface area contributed by atoms with E-state index in [0.29, 0.717) is 11.3 Å². The van der Waals surface area contributed by atoms with E-state index in [1.54, 1.807) is 43.3 Å². The second-order valence-corrected chi connectivity index (χ2v) is 5.58. The maximum absolute atomic E-state index is 12.3. The van der Waals surface area contributed by atoms with Crippen molar-refractivity contribution in [1.29, 1.82) is 0 Å². The number of aliphatic carboxylic acids is 1. The summed E-state index contributed by atoms with van der Waals surface area (Å²) in [7, 11) is 0. The molecule has 0 heterocycles. The highest BCUT2D eigenvalue weighted by atomic mass is 16.5. The van der Waals surface area contributed by atoms with Crippen LogP contribution in [0.5, 0.6) is 5.75 Å². The molecule has 2 aromatic rings. The summed E-state index contributed by atoms with van der Waals surface area (Å²) in [5.41, 5.74) is 0.0865. The standard InChI is InChI=1S/C19H21NO4/c1-3-19(18(22)23,15-9-5-4-6-10-15)20-17(21)13-24-16-11-7-8-14(2)12-16/h4-12H,3,13H2,1-2H3,(H,20,21)(H,22,23). The lowest BCUT2D eigenvalue weighted by atomic mass is 9.87. The Kier molecular flexibility index (Phi) is 5.58. The zero-order valence-corrected chi connectivity index (χ0v) is 13.8. The molecule has 24 heavy (non-hydrogen) atoms. The first kappa shape index (κ1) is 17.5. The normalized spacial score (nSPS) is 12.9. The average molecular weight is 327 g/mol. The predicted octanol–water partition coefficient (Wildman–Crippen LogP) is 2.88. The molecular weight excluding hydrogens is 306 g/mol. The molecule has 0 saturated carbocycles. The van der Waals surface area contributed by atoms with Crippen LogP contribution in [-0.4, -0.2) is 23.6 Å². The van der Waals surface area contributed by atoms with Crippen molar-refractivity contribution in [1.82, 2.24) is 5.32 Å². The molecular formula is C19H21NO4. The maximum atomic E-state index is 12.3. The molecule has 0 saturated heterocycles. The van der Waals surface area contributed by atoms with Crippen molar-refractivity contribution in [2.45, 2.75) is 25.8 Å². The van der Waals surface area contributed by atoms with Crippen molar-refractivity contribution in [3.63, 3.8) is 0 Å². The van der Waals surface area contributed by atoms with Crippen LogP contribution < -0.4 is 10.1 Å². The summed E-state index contributed by atoms with van der Waals surface area (Å²) in [6.45, 7) is 3.41. The van der Waals surface area contributed by atoms with Gasteiger partial charge in [-0.25, -0.2) is 4.79 Å². The van der Waals surface area contributed by atoms with E-state index in [-0.39, 0.29) is 13.0 Å². The summed E-state index contributed by atoms with van der Waals surface area (Å²) in [5.74, 6) is -1.01. The van der Waals surface area contributed by atoms with Crippen LogP contribution in [0.1, 0.15) is 24.5 Å². The van der Waals surface area contributed by atoms with Crippen molar-refractivity contribution >= 4 is 11.9 Å². The largest absolute Gasteiger partial charge is 0.484 e. The molecule has 1 unspecified atom stereocenters. The van der Waals surface area contributed by atoms with Gasteiger partial charge in [-0.1, -0.05) is 49.4 Å². The molecule has 0 radical (unpaired) electrons. The SMILES string of the molecule is CCC(NC(=O)COc1cccc(C)c1)(C(=O)O)c1ccccc1. The number of ether oxygens (including phenoxy) is 1. The lowest BCUT2D eigenvalue weighted by Crippen LogP contribution is -2.52. The Bertz CT molecular complexity index is 714. The van der Waals surface area contributed by atoms with E-state index in [9.17, 15) is 14.7 Å². The van der Waals surface area contributed by atoms with Gasteiger partial charge in [0.05, 0.1) is 0 Å². The van der Waals surface area contributed by atoms with Gasteiger partial charge in [0.2, 0.25) is 0 Å². The first-order chi connectivity index (χ1) is 11.5. The molecule has 2 N–H and O–H groups in total. The number of nitrogens with one attached hydrogen (secondary N) is 1. The Morgan fingerprint density at radius 3 is 2.42 bits per heavy atom. The van der Waals surface area contributed by atoms with Gasteiger partial charge in [0.25, 0.3) is 5.91 Å². The van der Waals surface area contributed by atoms with Gasteiger partial charge >= 0.3 is 5.97 Å². The minimum absolute atomic E-state index is 0.225. The van der Waals surface area contributed by atoms with Crippen LogP contribution in [0.2, 0.25) is 0 Å². The third kappa shape index (κ3) is 3.93. The van der Waals surface area contributed by atoms with Crippen molar-refractivity contribution in [3.05, 3.63) is 65.7 Å². The molecule has 0 spiro atoms. The molecule has 0 aliphatic heterocycles. The summed E-state index contributed by atoms with van der Waals surface area (Å²) in [4.78, 5) is 24.1. The highest BCUT2D eigenvalue weighted by Crippen LogP contribution is 2.25. The molecule has 0 aliphatic carbocycles. The highest BCUT2D eigenvalue weighted by Gasteiger charge is 2.40. The second-order valence-electron chi connectivity index (χ2n) is 5.58. The summed E-state index contributed by atoms with van der Waals surface area (Å²) in [5, 5.41) is 12.3. The molecule has 0 aliphatic rings. The number of carbonyl (C=O) groups excluding carboxylic acids is 1. The fourth-order valence-corrected chi connectivity index (χ4v) is 2.54. The smallest absolute Gasteiger partial charge is 0.334 e. The van der Waals surface area contributed by atoms with Crippen LogP contribution in [0.15, 0.2) is 54.6 Å². The van der Waals surface area contributed by atoms with Gasteiger partial charge in [0, 0.05) is 0 Å². The molecule has 5 nitrogen and oxygen atoms in total. The van der Waals surface area contributed by atoms with Crippen LogP contribution in [0.25, 0.3) is 0 Å². The molecule has 0 bridgehead atoms. The number of carboxylic acid groups (broad SMARTS) is 1. The van der Waals surface area contributed by atoms with Crippen molar-refractivity contribution in [3.8, 4) is 5.75 Å². The number of benzene rings is 2. The van der Waals surface area contributed by atoms with E-state index in [1.807, 2.05) is 25.1 Å². The van der Waals surface area contributed by atoms with Crippen LogP contribution in [0, 0.1) is 6.92 Å². The van der Waals surface area contributed by atoms with Gasteiger partial charge in [-0.15, -0.1) is 0 Å². The fourth-order valence-electron chi connectivity index (χ4n) is 2.54. The van der Waals surface area contributed by atoms with Crippen LogP contribution in [0.3, 0.4) is 0 Å². The third-order valence-corrected chi connectivity index (χ3v) is 3.87. The van der Waals surface area contributed by atoms with Gasteiger partial charge in [-0.05, 0) is 36.6 Å². The lowest BCUT2D eigenvalue weighted by molar-refractivity contribution is -0.148. The lowest BCUT2D eigenvalue weighted by Gasteiger charge is -2.30. The minimum atomic E-state index is -1.46. The van der Waals surface area contributed by atoms with E-state index < -0.39 is 17.4 Å². The minimum Gasteiger partial charge on any atom is -0.484 e. The molecule has 1 atom stereocenters.